The Morgan fingerprint density at radius 1 is 0.833 bits per heavy atom. The summed E-state index contributed by atoms with van der Waals surface area (Å²) in [5.41, 5.74) is 0. The molecule has 0 spiro atoms. The Morgan fingerprint density at radius 2 is 1.27 bits per heavy atom. The standard InChI is InChI=1S/C23H28O4S2Si/c1-5-18-23(19-12-13-20-30(2,3)4,28(24,25)21-14-8-6-9-15-21)29(26,27)22-16-10-7-11-17-22/h1,6-17H,18-20H2,2-4H3/b13-12+. The van der Waals surface area contributed by atoms with Gasteiger partial charge in [0.25, 0.3) is 0 Å². The van der Waals surface area contributed by atoms with Crippen molar-refractivity contribution < 1.29 is 16.8 Å². The Hall–Kier alpha value is -2.14. The van der Waals surface area contributed by atoms with Crippen molar-refractivity contribution in [2.24, 2.45) is 0 Å². The topological polar surface area (TPSA) is 68.3 Å². The van der Waals surface area contributed by atoms with Crippen LogP contribution in [0, 0.1) is 12.3 Å². The second kappa shape index (κ2) is 9.34. The van der Waals surface area contributed by atoms with Gasteiger partial charge in [0.1, 0.15) is 0 Å². The van der Waals surface area contributed by atoms with Crippen LogP contribution in [0.5, 0.6) is 0 Å². The predicted octanol–water partition coefficient (Wildman–Crippen LogP) is 4.94. The number of benzene rings is 2. The van der Waals surface area contributed by atoms with Gasteiger partial charge >= 0.3 is 0 Å². The van der Waals surface area contributed by atoms with E-state index in [2.05, 4.69) is 25.6 Å². The third kappa shape index (κ3) is 4.94. The fourth-order valence-electron chi connectivity index (χ4n) is 3.11. The average Bonchev–Trinajstić information content (AvgIpc) is 2.70. The quantitative estimate of drug-likeness (QED) is 0.302. The summed E-state index contributed by atoms with van der Waals surface area (Å²) in [6.07, 6.45) is 8.43. The SMILES string of the molecule is C#CCC(C/C=C/C[Si](C)(C)C)(S(=O)(=O)c1ccccc1)S(=O)(=O)c1ccccc1. The van der Waals surface area contributed by atoms with Crippen LogP contribution in [0.2, 0.25) is 25.7 Å². The van der Waals surface area contributed by atoms with Crippen LogP contribution in [-0.4, -0.2) is 29.0 Å². The second-order valence-corrected chi connectivity index (χ2v) is 18.7. The Bertz CT molecular complexity index is 1050. The Kier molecular flexibility index (Phi) is 7.51. The lowest BCUT2D eigenvalue weighted by atomic mass is 10.2. The van der Waals surface area contributed by atoms with E-state index in [1.807, 2.05) is 6.08 Å². The highest BCUT2D eigenvalue weighted by atomic mass is 32.3. The van der Waals surface area contributed by atoms with Crippen molar-refractivity contribution in [1.82, 2.24) is 0 Å². The molecule has 0 radical (unpaired) electrons. The molecule has 0 bridgehead atoms. The smallest absolute Gasteiger partial charge is 0.200 e. The third-order valence-corrected chi connectivity index (χ3v) is 11.9. The van der Waals surface area contributed by atoms with E-state index in [4.69, 9.17) is 6.42 Å². The Morgan fingerprint density at radius 3 is 1.63 bits per heavy atom. The van der Waals surface area contributed by atoms with Crippen molar-refractivity contribution in [1.29, 1.82) is 0 Å². The number of hydrogen-bond acceptors (Lipinski definition) is 4. The molecule has 4 nitrogen and oxygen atoms in total. The van der Waals surface area contributed by atoms with Crippen LogP contribution in [0.3, 0.4) is 0 Å². The average molecular weight is 461 g/mol. The highest BCUT2D eigenvalue weighted by Gasteiger charge is 2.54. The van der Waals surface area contributed by atoms with Crippen molar-refractivity contribution in [3.63, 3.8) is 0 Å². The summed E-state index contributed by atoms with van der Waals surface area (Å²) in [6, 6.07) is 16.1. The number of hydrogen-bond donors (Lipinski definition) is 0. The van der Waals surface area contributed by atoms with Crippen LogP contribution in [0.4, 0.5) is 0 Å². The number of sulfone groups is 2. The summed E-state index contributed by atoms with van der Waals surface area (Å²) in [6.45, 7) is 6.56. The molecule has 2 aromatic carbocycles. The first-order chi connectivity index (χ1) is 14.0. The van der Waals surface area contributed by atoms with Gasteiger partial charge in [-0.3, -0.25) is 0 Å². The summed E-state index contributed by atoms with van der Waals surface area (Å²) in [5.74, 6) is 2.33. The molecule has 0 aliphatic carbocycles. The van der Waals surface area contributed by atoms with Crippen molar-refractivity contribution in [2.45, 2.75) is 52.4 Å². The molecule has 0 unspecified atom stereocenters. The molecule has 2 aromatic rings. The van der Waals surface area contributed by atoms with Gasteiger partial charge in [-0.05, 0) is 30.3 Å². The molecule has 0 saturated carbocycles. The maximum Gasteiger partial charge on any atom is 0.200 e. The van der Waals surface area contributed by atoms with Gasteiger partial charge in [0.2, 0.25) is 0 Å². The van der Waals surface area contributed by atoms with Crippen LogP contribution in [0.25, 0.3) is 0 Å². The Labute approximate surface area is 181 Å². The van der Waals surface area contributed by atoms with Gasteiger partial charge in [0.05, 0.1) is 9.79 Å². The highest BCUT2D eigenvalue weighted by molar-refractivity contribution is 8.10. The zero-order valence-corrected chi connectivity index (χ0v) is 20.2. The van der Waals surface area contributed by atoms with E-state index in [-0.39, 0.29) is 16.2 Å². The first-order valence-electron chi connectivity index (χ1n) is 9.66. The fourth-order valence-corrected chi connectivity index (χ4v) is 8.78. The van der Waals surface area contributed by atoms with E-state index >= 15 is 0 Å². The largest absolute Gasteiger partial charge is 0.222 e. The minimum Gasteiger partial charge on any atom is -0.222 e. The molecule has 160 valence electrons. The molecule has 0 aliphatic heterocycles. The number of terminal acetylenes is 1. The van der Waals surface area contributed by atoms with Crippen molar-refractivity contribution in [3.05, 3.63) is 72.8 Å². The Balaban J connectivity index is 2.73. The molecule has 7 heteroatoms. The van der Waals surface area contributed by atoms with Gasteiger partial charge in [-0.15, -0.1) is 12.3 Å². The molecule has 30 heavy (non-hydrogen) atoms. The molecule has 0 heterocycles. The summed E-state index contributed by atoms with van der Waals surface area (Å²) in [7, 11) is -10.1. The maximum absolute atomic E-state index is 13.8. The molecular formula is C23H28O4S2Si. The second-order valence-electron chi connectivity index (χ2n) is 8.36. The molecule has 0 aromatic heterocycles. The first kappa shape index (κ1) is 24.1. The molecule has 0 aliphatic rings. The van der Waals surface area contributed by atoms with Crippen LogP contribution in [0.1, 0.15) is 12.8 Å². The zero-order chi connectivity index (χ0) is 22.5. The van der Waals surface area contributed by atoms with E-state index in [1.165, 1.54) is 24.3 Å². The van der Waals surface area contributed by atoms with E-state index < -0.39 is 38.2 Å². The summed E-state index contributed by atoms with van der Waals surface area (Å²) in [5, 5.41) is 0. The maximum atomic E-state index is 13.8. The van der Waals surface area contributed by atoms with Crippen LogP contribution in [-0.2, 0) is 19.7 Å². The molecule has 0 N–H and O–H groups in total. The van der Waals surface area contributed by atoms with Gasteiger partial charge in [0.15, 0.2) is 23.8 Å². The minimum absolute atomic E-state index is 0.0571. The van der Waals surface area contributed by atoms with Gasteiger partial charge in [-0.1, -0.05) is 68.2 Å². The monoisotopic (exact) mass is 460 g/mol. The lowest BCUT2D eigenvalue weighted by Gasteiger charge is -2.31. The first-order valence-corrected chi connectivity index (χ1v) is 16.3. The highest BCUT2D eigenvalue weighted by Crippen LogP contribution is 2.41. The van der Waals surface area contributed by atoms with Crippen LogP contribution in [0.15, 0.2) is 82.6 Å². The predicted molar refractivity (Wildman–Crippen MR) is 125 cm³/mol. The van der Waals surface area contributed by atoms with Crippen LogP contribution >= 0.6 is 0 Å². The van der Waals surface area contributed by atoms with Crippen LogP contribution < -0.4 is 0 Å². The van der Waals surface area contributed by atoms with Gasteiger partial charge in [0, 0.05) is 20.9 Å². The van der Waals surface area contributed by atoms with E-state index in [1.54, 1.807) is 42.5 Å². The van der Waals surface area contributed by atoms with E-state index in [0.29, 0.717) is 0 Å². The van der Waals surface area contributed by atoms with Gasteiger partial charge in [-0.25, -0.2) is 16.8 Å². The number of allylic oxidation sites excluding steroid dienone is 2. The normalized spacial score (nSPS) is 13.3. The van der Waals surface area contributed by atoms with Gasteiger partial charge in [-0.2, -0.15) is 0 Å². The fraction of sp³-hybridized carbons (Fsp3) is 0.304. The van der Waals surface area contributed by atoms with Gasteiger partial charge < -0.3 is 0 Å². The summed E-state index contributed by atoms with van der Waals surface area (Å²) >= 11 is 0. The summed E-state index contributed by atoms with van der Waals surface area (Å²) in [4.78, 5) is -0.114. The van der Waals surface area contributed by atoms with Crippen molar-refractivity contribution in [2.75, 3.05) is 0 Å². The lowest BCUT2D eigenvalue weighted by Crippen LogP contribution is -2.46. The molecular weight excluding hydrogens is 432 g/mol. The minimum atomic E-state index is -4.32. The molecule has 0 atom stereocenters. The molecule has 0 saturated heterocycles. The molecule has 2 rings (SSSR count). The van der Waals surface area contributed by atoms with Crippen molar-refractivity contribution in [3.8, 4) is 12.3 Å². The summed E-state index contributed by atoms with van der Waals surface area (Å²) < 4.78 is 52.8. The molecule has 0 fully saturated rings. The van der Waals surface area contributed by atoms with E-state index in [9.17, 15) is 16.8 Å². The third-order valence-electron chi connectivity index (χ3n) is 4.78. The lowest BCUT2D eigenvalue weighted by molar-refractivity contribution is 0.539. The van der Waals surface area contributed by atoms with Crippen molar-refractivity contribution >= 4 is 27.7 Å². The zero-order valence-electron chi connectivity index (χ0n) is 17.6. The van der Waals surface area contributed by atoms with E-state index in [0.717, 1.165) is 6.04 Å². The number of rotatable bonds is 9. The molecule has 0 amide bonds.